The standard InChI is InChI=1S/C13H19NOS.C9H12ClN.C9H13N.C8H10ClN.C8H9F2N.C8H10FN.C8H9NS.C8H13N.C8H11N.C6H9NO.C6H9NS/c1-9(2)12-8-16-13-5-14(4-3-11(12)13)10-6-15-7-10;1-6(2)8-4-5-9(10)11-7(8)3;1-7(2)9-5-4-6-10-8(9)3;1-6(2)7-4-3-5-10-8(7)9;1-5(2)6-3-4-7(9)11-8(6)10;1-6(2)7-3-4-8(9)10-5-7;1-6(2)8-3-7(4-9)5-10-8;1-6(2)8-4-5-9-7(8)3;1-7(2)8-4-3-5-9-6-8;2*1-5(2)6-3-8-4-7-6/h8-10H,3-7H2,1-2H3;4-6H,1-3H3;4-7H,1-3H3;3-6H,1-2H3;3-5H,1-2H3;3-6H,1-2H3;3,5-6H,1-2H3;5-6H,4H2,1-3H3;3-7H,1-2H3;2*3-5H,1-2H3. The fourth-order valence-electron chi connectivity index (χ4n) is 10.9. The number of ether oxygens (including phenoxy) is 1. The van der Waals surface area contributed by atoms with E-state index in [9.17, 15) is 13.2 Å². The van der Waals surface area contributed by atoms with E-state index >= 15 is 0 Å². The Bertz CT molecular complexity index is 4170. The van der Waals surface area contributed by atoms with Gasteiger partial charge >= 0.3 is 0 Å². The van der Waals surface area contributed by atoms with Crippen molar-refractivity contribution >= 4 is 63.4 Å². The van der Waals surface area contributed by atoms with Crippen molar-refractivity contribution in [1.29, 1.82) is 5.26 Å². The van der Waals surface area contributed by atoms with Gasteiger partial charge in [0.15, 0.2) is 6.39 Å². The fourth-order valence-corrected chi connectivity index (χ4v) is 14.3. The lowest BCUT2D eigenvalue weighted by molar-refractivity contribution is -0.0691. The first-order valence-electron chi connectivity index (χ1n) is 38.8. The van der Waals surface area contributed by atoms with Crippen LogP contribution >= 0.6 is 57.2 Å². The van der Waals surface area contributed by atoms with E-state index in [0.717, 1.165) is 60.0 Å². The number of allylic oxidation sites excluding steroid dienone is 2. The molecule has 0 atom stereocenters. The molecule has 1 saturated heterocycles. The highest BCUT2D eigenvalue weighted by molar-refractivity contribution is 7.10. The predicted octanol–water partition coefficient (Wildman–Crippen LogP) is 27.4. The highest BCUT2D eigenvalue weighted by Gasteiger charge is 2.30. The Hall–Kier alpha value is -7.67. The Morgan fingerprint density at radius 3 is 1.51 bits per heavy atom. The lowest BCUT2D eigenvalue weighted by Gasteiger charge is -2.39. The number of aliphatic imine (C=N–C) groups is 1. The number of halogens is 5. The van der Waals surface area contributed by atoms with Crippen LogP contribution in [0.4, 0.5) is 13.2 Å². The summed E-state index contributed by atoms with van der Waals surface area (Å²) in [4.78, 5) is 40.7. The molecule has 0 aromatic carbocycles. The zero-order chi connectivity index (χ0) is 83.7. The van der Waals surface area contributed by atoms with Crippen LogP contribution in [0.15, 0.2) is 165 Å². The van der Waals surface area contributed by atoms with Gasteiger partial charge in [0.05, 0.1) is 41.7 Å². The number of thiazole rings is 1. The van der Waals surface area contributed by atoms with E-state index in [0.29, 0.717) is 81.1 Å². The van der Waals surface area contributed by atoms with Gasteiger partial charge in [-0.25, -0.2) is 24.9 Å². The molecule has 112 heavy (non-hydrogen) atoms. The molecule has 608 valence electrons. The van der Waals surface area contributed by atoms with Crippen LogP contribution in [0.1, 0.15) is 307 Å². The van der Waals surface area contributed by atoms with Gasteiger partial charge in [-0.2, -0.15) is 23.4 Å². The fraction of sp³-hybridized carbons (Fsp3) is 0.473. The summed E-state index contributed by atoms with van der Waals surface area (Å²) in [6.07, 6.45) is 16.2. The Labute approximate surface area is 691 Å². The number of aromatic nitrogens is 8. The molecule has 0 unspecified atom stereocenters. The van der Waals surface area contributed by atoms with Crippen molar-refractivity contribution in [3.05, 3.63) is 266 Å². The van der Waals surface area contributed by atoms with Gasteiger partial charge in [-0.1, -0.05) is 206 Å². The molecular weight excluding hydrogens is 1500 g/mol. The van der Waals surface area contributed by atoms with E-state index in [1.165, 1.54) is 76.1 Å². The van der Waals surface area contributed by atoms with E-state index in [2.05, 4.69) is 231 Å². The predicted molar refractivity (Wildman–Crippen MR) is 467 cm³/mol. The first-order valence-corrected chi connectivity index (χ1v) is 42.3. The molecule has 13 nitrogen and oxygen atoms in total. The van der Waals surface area contributed by atoms with Gasteiger partial charge in [0.1, 0.15) is 22.6 Å². The minimum Gasteiger partial charge on any atom is -0.451 e. The number of hydrogen-bond donors (Lipinski definition) is 0. The molecule has 13 rings (SSSR count). The number of oxazole rings is 1. The summed E-state index contributed by atoms with van der Waals surface area (Å²) in [5.41, 5.74) is 19.6. The molecule has 0 radical (unpaired) electrons. The van der Waals surface area contributed by atoms with Crippen molar-refractivity contribution in [3.8, 4) is 6.07 Å². The molecule has 3 aliphatic rings. The summed E-state index contributed by atoms with van der Waals surface area (Å²) in [5, 5.41) is 16.0. The average Bonchev–Trinajstić information content (AvgIpc) is 1.62. The number of pyridine rings is 6. The summed E-state index contributed by atoms with van der Waals surface area (Å²) in [6.45, 7) is 57.1. The Morgan fingerprint density at radius 2 is 1.12 bits per heavy atom. The van der Waals surface area contributed by atoms with Crippen LogP contribution < -0.4 is 0 Å². The van der Waals surface area contributed by atoms with Crippen LogP contribution in [0.3, 0.4) is 0 Å². The lowest BCUT2D eigenvalue weighted by atomic mass is 9.95. The van der Waals surface area contributed by atoms with Crippen LogP contribution in [0, 0.1) is 48.9 Å². The zero-order valence-corrected chi connectivity index (χ0v) is 74.9. The summed E-state index contributed by atoms with van der Waals surface area (Å²) in [6, 6.07) is 26.4. The Balaban J connectivity index is 0.000000321. The van der Waals surface area contributed by atoms with E-state index < -0.39 is 17.8 Å². The average molecular weight is 1630 g/mol. The molecule has 0 amide bonds. The molecule has 0 N–H and O–H groups in total. The molecular formula is C91H124Cl2F3N11O2S3. The molecule has 0 bridgehead atoms. The second kappa shape index (κ2) is 52.7. The van der Waals surface area contributed by atoms with Crippen molar-refractivity contribution in [3.63, 3.8) is 0 Å². The third-order valence-corrected chi connectivity index (χ3v) is 21.4. The molecule has 1 fully saturated rings. The molecule has 0 saturated carbocycles. The second-order valence-corrected chi connectivity index (χ2v) is 34.0. The number of hydrogen-bond acceptors (Lipinski definition) is 16. The largest absolute Gasteiger partial charge is 0.451 e. The van der Waals surface area contributed by atoms with Gasteiger partial charge in [0, 0.05) is 99.9 Å². The normalized spacial score (nSPS) is 12.7. The van der Waals surface area contributed by atoms with Crippen LogP contribution in [0.25, 0.3) is 0 Å². The molecule has 0 aliphatic carbocycles. The minimum absolute atomic E-state index is 0.0445. The maximum Gasteiger partial charge on any atom is 0.218 e. The summed E-state index contributed by atoms with van der Waals surface area (Å²) in [5.74, 6) is 3.72. The van der Waals surface area contributed by atoms with Crippen molar-refractivity contribution < 1.29 is 22.3 Å². The highest BCUT2D eigenvalue weighted by atomic mass is 35.5. The van der Waals surface area contributed by atoms with Gasteiger partial charge in [0.25, 0.3) is 0 Å². The van der Waals surface area contributed by atoms with Crippen molar-refractivity contribution in [2.75, 3.05) is 19.8 Å². The summed E-state index contributed by atoms with van der Waals surface area (Å²) < 4.78 is 47.3. The highest BCUT2D eigenvalue weighted by Crippen LogP contribution is 2.35. The van der Waals surface area contributed by atoms with E-state index in [1.807, 2.05) is 104 Å². The molecule has 3 aliphatic heterocycles. The van der Waals surface area contributed by atoms with Crippen LogP contribution in [0.5, 0.6) is 0 Å². The molecule has 13 heterocycles. The van der Waals surface area contributed by atoms with Crippen LogP contribution in [-0.4, -0.2) is 76.8 Å². The van der Waals surface area contributed by atoms with E-state index in [1.54, 1.807) is 69.6 Å². The molecule has 10 aromatic rings. The van der Waals surface area contributed by atoms with E-state index in [4.69, 9.17) is 37.6 Å². The number of thiophene rings is 2. The Morgan fingerprint density at radius 1 is 0.536 bits per heavy atom. The smallest absolute Gasteiger partial charge is 0.218 e. The van der Waals surface area contributed by atoms with Crippen molar-refractivity contribution in [1.82, 2.24) is 44.8 Å². The van der Waals surface area contributed by atoms with Crippen molar-refractivity contribution in [2.24, 2.45) is 10.9 Å². The van der Waals surface area contributed by atoms with Crippen molar-refractivity contribution in [2.45, 2.75) is 258 Å². The number of nitriles is 1. The van der Waals surface area contributed by atoms with E-state index in [-0.39, 0.29) is 5.92 Å². The van der Waals surface area contributed by atoms with Gasteiger partial charge in [0.2, 0.25) is 17.8 Å². The number of aryl methyl sites for hydroxylation is 2. The molecule has 21 heteroatoms. The SMILES string of the molecule is CC(C)c1cc(C#N)cs1.CC(C)c1ccc(F)nc1.CC(C)c1ccc(F)nc1F.CC(C)c1cccnc1.CC(C)c1cccnc1Cl.CC(C)c1cocn1.CC(C)c1csc2c1CCN(C1COC1)C2.CC(C)c1cscn1.CC1=C(C(C)C)CC=N1.Cc1nc(Cl)ccc1C(C)C.Cc1ncccc1C(C)C. The van der Waals surface area contributed by atoms with Gasteiger partial charge in [-0.05, 0) is 191 Å². The lowest BCUT2D eigenvalue weighted by Crippen LogP contribution is -2.50. The van der Waals surface area contributed by atoms with Crippen LogP contribution in [0.2, 0.25) is 10.3 Å². The Kier molecular flexibility index (Phi) is 46.3. The number of rotatable bonds is 12. The summed E-state index contributed by atoms with van der Waals surface area (Å²) >= 11 is 16.8. The number of fused-ring (bicyclic) bond motifs is 1. The quantitative estimate of drug-likeness (QED) is 0.106. The minimum atomic E-state index is -0.771. The third-order valence-electron chi connectivity index (χ3n) is 18.0. The van der Waals surface area contributed by atoms with Gasteiger partial charge < -0.3 is 9.15 Å². The first kappa shape index (κ1) is 98.5. The topological polar surface area (TPSA) is 165 Å². The number of nitrogens with zero attached hydrogens (tertiary/aromatic N) is 11. The first-order chi connectivity index (χ1) is 53.0. The molecule has 10 aromatic heterocycles. The molecule has 0 spiro atoms. The summed E-state index contributed by atoms with van der Waals surface area (Å²) in [7, 11) is 0. The maximum atomic E-state index is 12.8. The zero-order valence-electron chi connectivity index (χ0n) is 71.0. The monoisotopic (exact) mass is 1630 g/mol. The maximum absolute atomic E-state index is 12.8. The third kappa shape index (κ3) is 36.6. The van der Waals surface area contributed by atoms with Gasteiger partial charge in [-0.15, -0.1) is 34.0 Å². The second-order valence-electron chi connectivity index (χ2n) is 30.6. The van der Waals surface area contributed by atoms with Gasteiger partial charge in [-0.3, -0.25) is 19.9 Å². The van der Waals surface area contributed by atoms with Crippen LogP contribution in [-0.2, 0) is 17.7 Å².